The van der Waals surface area contributed by atoms with Crippen LogP contribution < -0.4 is 14.2 Å². The maximum absolute atomic E-state index is 12.6. The van der Waals surface area contributed by atoms with Crippen LogP contribution in [0.3, 0.4) is 0 Å². The standard InChI is InChI=1S/C56H58N2O5/c57-42-44-14-18-46(19-15-44)49-26-32-53(33-27-49)60-38-10-6-2-1-3-7-11-39-61-55-36-30-51(31-37-55)48-22-24-52(25-23-48)56(59)63-41-13-9-5-4-8-12-40-62-54-34-28-50(29-35-54)47-20-16-45(43-58)17-21-47/h14-37H,1-13,38-41H2. The minimum absolute atomic E-state index is 0.280. The number of ether oxygens (including phenoxy) is 4. The number of rotatable bonds is 26. The number of benzene rings is 6. The van der Waals surface area contributed by atoms with Gasteiger partial charge in [-0.05, 0) is 132 Å². The van der Waals surface area contributed by atoms with E-state index in [-0.39, 0.29) is 5.97 Å². The highest BCUT2D eigenvalue weighted by Gasteiger charge is 2.08. The summed E-state index contributed by atoms with van der Waals surface area (Å²) in [6.07, 6.45) is 14.3. The highest BCUT2D eigenvalue weighted by Crippen LogP contribution is 2.26. The van der Waals surface area contributed by atoms with Crippen molar-refractivity contribution < 1.29 is 23.7 Å². The molecule has 0 aliphatic carbocycles. The van der Waals surface area contributed by atoms with Crippen molar-refractivity contribution in [1.82, 2.24) is 0 Å². The van der Waals surface area contributed by atoms with E-state index >= 15 is 0 Å². The first-order valence-electron chi connectivity index (χ1n) is 22.6. The molecule has 6 aromatic carbocycles. The molecule has 0 saturated heterocycles. The Balaban J connectivity index is 0.735. The maximum atomic E-state index is 12.6. The molecule has 0 aromatic heterocycles. The second-order valence-electron chi connectivity index (χ2n) is 15.8. The average Bonchev–Trinajstić information content (AvgIpc) is 3.34. The van der Waals surface area contributed by atoms with Gasteiger partial charge < -0.3 is 18.9 Å². The van der Waals surface area contributed by atoms with Crippen LogP contribution in [0.4, 0.5) is 0 Å². The van der Waals surface area contributed by atoms with Gasteiger partial charge in [0.15, 0.2) is 0 Å². The second kappa shape index (κ2) is 25.8. The molecule has 0 radical (unpaired) electrons. The summed E-state index contributed by atoms with van der Waals surface area (Å²) < 4.78 is 23.4. The minimum atomic E-state index is -0.280. The Bertz CT molecular complexity index is 2320. The van der Waals surface area contributed by atoms with Crippen molar-refractivity contribution in [3.8, 4) is 62.8 Å². The number of nitrogens with zero attached hydrogens (tertiary/aromatic N) is 2. The van der Waals surface area contributed by atoms with Gasteiger partial charge in [-0.1, -0.05) is 131 Å². The molecule has 0 fully saturated rings. The van der Waals surface area contributed by atoms with Crippen molar-refractivity contribution in [2.45, 2.75) is 83.5 Å². The summed E-state index contributed by atoms with van der Waals surface area (Å²) in [5.41, 5.74) is 8.39. The lowest BCUT2D eigenvalue weighted by Gasteiger charge is -2.09. The molecule has 0 saturated carbocycles. The number of esters is 1. The van der Waals surface area contributed by atoms with Gasteiger partial charge in [0.2, 0.25) is 0 Å². The fraction of sp³-hybridized carbons (Fsp3) is 0.304. The Morgan fingerprint density at radius 3 is 0.889 bits per heavy atom. The Kier molecular flexibility index (Phi) is 18.7. The average molecular weight is 839 g/mol. The molecule has 7 nitrogen and oxygen atoms in total. The summed E-state index contributed by atoms with van der Waals surface area (Å²) in [5.74, 6) is 2.35. The molecule has 0 N–H and O–H groups in total. The number of carbonyl (C=O) groups is 1. The number of hydrogen-bond acceptors (Lipinski definition) is 7. The largest absolute Gasteiger partial charge is 0.494 e. The molecular weight excluding hydrogens is 781 g/mol. The van der Waals surface area contributed by atoms with Crippen LogP contribution in [0.1, 0.15) is 105 Å². The molecule has 0 atom stereocenters. The van der Waals surface area contributed by atoms with Crippen molar-refractivity contribution >= 4 is 5.97 Å². The van der Waals surface area contributed by atoms with E-state index in [1.165, 1.54) is 25.7 Å². The smallest absolute Gasteiger partial charge is 0.338 e. The first kappa shape index (κ1) is 45.7. The summed E-state index contributed by atoms with van der Waals surface area (Å²) in [6, 6.07) is 51.5. The first-order valence-corrected chi connectivity index (χ1v) is 22.6. The van der Waals surface area contributed by atoms with Gasteiger partial charge in [-0.3, -0.25) is 0 Å². The molecule has 6 rings (SSSR count). The van der Waals surface area contributed by atoms with Crippen LogP contribution in [0.25, 0.3) is 33.4 Å². The van der Waals surface area contributed by atoms with Crippen molar-refractivity contribution in [1.29, 1.82) is 10.5 Å². The summed E-state index contributed by atoms with van der Waals surface area (Å²) in [6.45, 7) is 2.56. The van der Waals surface area contributed by atoms with E-state index in [4.69, 9.17) is 29.5 Å². The molecule has 0 heterocycles. The van der Waals surface area contributed by atoms with Gasteiger partial charge >= 0.3 is 5.97 Å². The van der Waals surface area contributed by atoms with Crippen LogP contribution in [0.15, 0.2) is 146 Å². The van der Waals surface area contributed by atoms with Crippen LogP contribution in [-0.2, 0) is 4.74 Å². The van der Waals surface area contributed by atoms with Gasteiger partial charge in [0.25, 0.3) is 0 Å². The molecule has 0 amide bonds. The zero-order chi connectivity index (χ0) is 43.7. The highest BCUT2D eigenvalue weighted by atomic mass is 16.5. The van der Waals surface area contributed by atoms with E-state index in [0.29, 0.717) is 36.5 Å². The number of carbonyl (C=O) groups excluding carboxylic acids is 1. The number of unbranched alkanes of at least 4 members (excludes halogenated alkanes) is 11. The zero-order valence-corrected chi connectivity index (χ0v) is 36.3. The lowest BCUT2D eigenvalue weighted by atomic mass is 10.0. The predicted octanol–water partition coefficient (Wildman–Crippen LogP) is 14.2. The Hall–Kier alpha value is -6.83. The molecule has 63 heavy (non-hydrogen) atoms. The van der Waals surface area contributed by atoms with E-state index in [1.807, 2.05) is 121 Å². The fourth-order valence-corrected chi connectivity index (χ4v) is 7.32. The van der Waals surface area contributed by atoms with Gasteiger partial charge in [0.1, 0.15) is 17.2 Å². The van der Waals surface area contributed by atoms with Crippen molar-refractivity contribution in [3.63, 3.8) is 0 Å². The lowest BCUT2D eigenvalue weighted by molar-refractivity contribution is 0.0497. The summed E-state index contributed by atoms with van der Waals surface area (Å²) >= 11 is 0. The first-order chi connectivity index (χ1) is 31.1. The van der Waals surface area contributed by atoms with E-state index in [2.05, 4.69) is 36.4 Å². The predicted molar refractivity (Wildman–Crippen MR) is 252 cm³/mol. The van der Waals surface area contributed by atoms with Gasteiger partial charge in [0.05, 0.1) is 55.3 Å². The molecule has 0 unspecified atom stereocenters. The van der Waals surface area contributed by atoms with Gasteiger partial charge in [-0.15, -0.1) is 0 Å². The Morgan fingerprint density at radius 2 is 0.587 bits per heavy atom. The summed E-state index contributed by atoms with van der Waals surface area (Å²) in [5, 5.41) is 18.0. The summed E-state index contributed by atoms with van der Waals surface area (Å²) in [7, 11) is 0. The van der Waals surface area contributed by atoms with Crippen molar-refractivity contribution in [2.75, 3.05) is 26.4 Å². The van der Waals surface area contributed by atoms with Crippen molar-refractivity contribution in [2.24, 2.45) is 0 Å². The highest BCUT2D eigenvalue weighted by molar-refractivity contribution is 5.90. The van der Waals surface area contributed by atoms with Crippen LogP contribution in [-0.4, -0.2) is 32.4 Å². The minimum Gasteiger partial charge on any atom is -0.494 e. The molecule has 7 heteroatoms. The van der Waals surface area contributed by atoms with E-state index in [9.17, 15) is 4.79 Å². The van der Waals surface area contributed by atoms with Crippen LogP contribution in [0.5, 0.6) is 17.2 Å². The molecule has 0 aliphatic heterocycles. The zero-order valence-electron chi connectivity index (χ0n) is 36.3. The third-order valence-electron chi connectivity index (χ3n) is 11.1. The van der Waals surface area contributed by atoms with Gasteiger partial charge in [-0.2, -0.15) is 10.5 Å². The third-order valence-corrected chi connectivity index (χ3v) is 11.1. The molecule has 0 bridgehead atoms. The van der Waals surface area contributed by atoms with E-state index in [0.717, 1.165) is 115 Å². The SMILES string of the molecule is N#Cc1ccc(-c2ccc(OCCCCCCCCCOc3ccc(-c4ccc(C(=O)OCCCCCCCCOc5ccc(-c6ccc(C#N)cc6)cc5)cc4)cc3)cc2)cc1. The monoisotopic (exact) mass is 838 g/mol. The Labute approximate surface area is 373 Å². The normalized spacial score (nSPS) is 10.7. The summed E-state index contributed by atoms with van der Waals surface area (Å²) in [4.78, 5) is 12.6. The quantitative estimate of drug-likeness (QED) is 0.0396. The molecule has 0 spiro atoms. The molecule has 6 aromatic rings. The van der Waals surface area contributed by atoms with Gasteiger partial charge in [0, 0.05) is 0 Å². The van der Waals surface area contributed by atoms with E-state index in [1.54, 1.807) is 0 Å². The van der Waals surface area contributed by atoms with Crippen LogP contribution >= 0.6 is 0 Å². The maximum Gasteiger partial charge on any atom is 0.338 e. The fourth-order valence-electron chi connectivity index (χ4n) is 7.32. The Morgan fingerprint density at radius 1 is 0.333 bits per heavy atom. The third kappa shape index (κ3) is 15.5. The molecular formula is C56H58N2O5. The second-order valence-corrected chi connectivity index (χ2v) is 15.8. The van der Waals surface area contributed by atoms with Crippen LogP contribution in [0, 0.1) is 22.7 Å². The van der Waals surface area contributed by atoms with Crippen LogP contribution in [0.2, 0.25) is 0 Å². The molecule has 322 valence electrons. The van der Waals surface area contributed by atoms with Crippen molar-refractivity contribution in [3.05, 3.63) is 162 Å². The lowest BCUT2D eigenvalue weighted by Crippen LogP contribution is -2.06. The number of nitriles is 2. The topological polar surface area (TPSA) is 102 Å². The van der Waals surface area contributed by atoms with E-state index < -0.39 is 0 Å². The van der Waals surface area contributed by atoms with Gasteiger partial charge in [-0.25, -0.2) is 4.79 Å². The molecule has 0 aliphatic rings. The number of hydrogen-bond donors (Lipinski definition) is 0.